The lowest BCUT2D eigenvalue weighted by molar-refractivity contribution is 0.188. The monoisotopic (exact) mass is 312 g/mol. The van der Waals surface area contributed by atoms with Crippen molar-refractivity contribution in [3.8, 4) is 0 Å². The van der Waals surface area contributed by atoms with Crippen molar-refractivity contribution in [1.29, 1.82) is 0 Å². The second kappa shape index (κ2) is 7.12. The standard InChI is InChI=1S/C16H29ClN4/c1-10(2)12-5-7-13(8-6-12)15(19-18)9-14-11(3)20-21(4)16(14)17/h10,12-13,15,19H,5-9,18H2,1-4H3. The summed E-state index contributed by atoms with van der Waals surface area (Å²) in [4.78, 5) is 0. The van der Waals surface area contributed by atoms with Crippen LogP contribution in [0.3, 0.4) is 0 Å². The molecule has 4 nitrogen and oxygen atoms in total. The predicted octanol–water partition coefficient (Wildman–Crippen LogP) is 3.22. The van der Waals surface area contributed by atoms with Crippen molar-refractivity contribution in [2.24, 2.45) is 30.6 Å². The molecule has 1 aromatic rings. The van der Waals surface area contributed by atoms with Crippen LogP contribution in [0.1, 0.15) is 50.8 Å². The molecule has 1 aliphatic rings. The fraction of sp³-hybridized carbons (Fsp3) is 0.812. The molecule has 5 heteroatoms. The van der Waals surface area contributed by atoms with Gasteiger partial charge in [0.15, 0.2) is 0 Å². The summed E-state index contributed by atoms with van der Waals surface area (Å²) in [5.74, 6) is 8.15. The molecular formula is C16H29ClN4. The normalized spacial score (nSPS) is 24.5. The lowest BCUT2D eigenvalue weighted by Gasteiger charge is -2.35. The first-order valence-corrected chi connectivity index (χ1v) is 8.45. The van der Waals surface area contributed by atoms with Crippen LogP contribution < -0.4 is 11.3 Å². The molecule has 0 aromatic carbocycles. The van der Waals surface area contributed by atoms with Crippen LogP contribution in [0.2, 0.25) is 5.15 Å². The SMILES string of the molecule is Cc1nn(C)c(Cl)c1CC(NN)C1CCC(C(C)C)CC1. The minimum atomic E-state index is 0.290. The summed E-state index contributed by atoms with van der Waals surface area (Å²) in [6.07, 6.45) is 6.02. The number of rotatable bonds is 5. The highest BCUT2D eigenvalue weighted by atomic mass is 35.5. The molecule has 1 unspecified atom stereocenters. The second-order valence-electron chi connectivity index (χ2n) is 6.87. The lowest BCUT2D eigenvalue weighted by atomic mass is 9.74. The Hall–Kier alpha value is -0.580. The number of aryl methyl sites for hydroxylation is 2. The number of hydrogen-bond donors (Lipinski definition) is 2. The largest absolute Gasteiger partial charge is 0.271 e. The van der Waals surface area contributed by atoms with Crippen molar-refractivity contribution in [1.82, 2.24) is 15.2 Å². The Morgan fingerprint density at radius 1 is 1.29 bits per heavy atom. The van der Waals surface area contributed by atoms with E-state index < -0.39 is 0 Å². The third-order valence-electron chi connectivity index (χ3n) is 5.24. The second-order valence-corrected chi connectivity index (χ2v) is 7.23. The van der Waals surface area contributed by atoms with E-state index in [-0.39, 0.29) is 0 Å². The van der Waals surface area contributed by atoms with Crippen molar-refractivity contribution in [3.63, 3.8) is 0 Å². The topological polar surface area (TPSA) is 55.9 Å². The summed E-state index contributed by atoms with van der Waals surface area (Å²) in [7, 11) is 1.89. The van der Waals surface area contributed by atoms with Crippen LogP contribution >= 0.6 is 11.6 Å². The third-order valence-corrected chi connectivity index (χ3v) is 5.71. The lowest BCUT2D eigenvalue weighted by Crippen LogP contribution is -2.44. The van der Waals surface area contributed by atoms with E-state index in [1.807, 2.05) is 14.0 Å². The number of aromatic nitrogens is 2. The molecule has 0 aliphatic heterocycles. The van der Waals surface area contributed by atoms with Gasteiger partial charge in [-0.25, -0.2) is 0 Å². The van der Waals surface area contributed by atoms with Crippen molar-refractivity contribution in [2.75, 3.05) is 0 Å². The Labute approximate surface area is 133 Å². The third kappa shape index (κ3) is 3.79. The van der Waals surface area contributed by atoms with Crippen LogP contribution in [-0.2, 0) is 13.5 Å². The molecule has 1 heterocycles. The first-order valence-electron chi connectivity index (χ1n) is 8.08. The van der Waals surface area contributed by atoms with E-state index in [0.717, 1.165) is 34.7 Å². The molecule has 0 amide bonds. The van der Waals surface area contributed by atoms with E-state index in [0.29, 0.717) is 12.0 Å². The van der Waals surface area contributed by atoms with Crippen molar-refractivity contribution in [3.05, 3.63) is 16.4 Å². The molecule has 2 rings (SSSR count). The summed E-state index contributed by atoms with van der Waals surface area (Å²) in [6, 6.07) is 0.290. The first kappa shape index (κ1) is 16.8. The highest BCUT2D eigenvalue weighted by Crippen LogP contribution is 2.36. The Balaban J connectivity index is 2.01. The van der Waals surface area contributed by atoms with Gasteiger partial charge in [-0.1, -0.05) is 25.4 Å². The zero-order valence-corrected chi connectivity index (χ0v) is 14.5. The van der Waals surface area contributed by atoms with Gasteiger partial charge < -0.3 is 0 Å². The Morgan fingerprint density at radius 2 is 1.86 bits per heavy atom. The van der Waals surface area contributed by atoms with E-state index in [1.54, 1.807) is 4.68 Å². The predicted molar refractivity (Wildman–Crippen MR) is 88.1 cm³/mol. The number of nitrogens with one attached hydrogen (secondary N) is 1. The fourth-order valence-corrected chi connectivity index (χ4v) is 3.95. The molecule has 0 bridgehead atoms. The molecule has 0 radical (unpaired) electrons. The Bertz CT molecular complexity index is 461. The van der Waals surface area contributed by atoms with Gasteiger partial charge in [-0.2, -0.15) is 5.10 Å². The molecular weight excluding hydrogens is 284 g/mol. The van der Waals surface area contributed by atoms with Crippen molar-refractivity contribution < 1.29 is 0 Å². The highest BCUT2D eigenvalue weighted by molar-refractivity contribution is 6.30. The van der Waals surface area contributed by atoms with Gasteiger partial charge in [0.2, 0.25) is 0 Å². The smallest absolute Gasteiger partial charge is 0.130 e. The Morgan fingerprint density at radius 3 is 2.29 bits per heavy atom. The van der Waals surface area contributed by atoms with E-state index in [9.17, 15) is 0 Å². The molecule has 3 N–H and O–H groups in total. The molecule has 1 aromatic heterocycles. The quantitative estimate of drug-likeness (QED) is 0.648. The number of nitrogens with zero attached hydrogens (tertiary/aromatic N) is 2. The van der Waals surface area contributed by atoms with Crippen LogP contribution in [0.4, 0.5) is 0 Å². The van der Waals surface area contributed by atoms with Gasteiger partial charge in [0.25, 0.3) is 0 Å². The number of halogens is 1. The van der Waals surface area contributed by atoms with Gasteiger partial charge in [0, 0.05) is 18.7 Å². The summed E-state index contributed by atoms with van der Waals surface area (Å²) >= 11 is 6.35. The maximum absolute atomic E-state index is 6.35. The number of hydrogen-bond acceptors (Lipinski definition) is 3. The van der Waals surface area contributed by atoms with Gasteiger partial charge >= 0.3 is 0 Å². The van der Waals surface area contributed by atoms with Crippen LogP contribution in [0.5, 0.6) is 0 Å². The van der Waals surface area contributed by atoms with Crippen LogP contribution in [0.15, 0.2) is 0 Å². The van der Waals surface area contributed by atoms with Crippen LogP contribution in [0, 0.1) is 24.7 Å². The summed E-state index contributed by atoms with van der Waals surface area (Å²) in [5, 5.41) is 5.13. The van der Waals surface area contributed by atoms with Gasteiger partial charge in [0.05, 0.1) is 5.69 Å². The van der Waals surface area contributed by atoms with Gasteiger partial charge in [0.1, 0.15) is 5.15 Å². The molecule has 1 atom stereocenters. The molecule has 1 saturated carbocycles. The van der Waals surface area contributed by atoms with Crippen LogP contribution in [-0.4, -0.2) is 15.8 Å². The molecule has 1 fully saturated rings. The molecule has 1 aliphatic carbocycles. The molecule has 0 spiro atoms. The zero-order chi connectivity index (χ0) is 15.6. The van der Waals surface area contributed by atoms with E-state index in [2.05, 4.69) is 24.4 Å². The molecule has 0 saturated heterocycles. The first-order chi connectivity index (χ1) is 9.93. The van der Waals surface area contributed by atoms with Crippen molar-refractivity contribution in [2.45, 2.75) is 58.9 Å². The molecule has 21 heavy (non-hydrogen) atoms. The minimum Gasteiger partial charge on any atom is -0.271 e. The van der Waals surface area contributed by atoms with Gasteiger partial charge in [-0.3, -0.25) is 16.0 Å². The van der Waals surface area contributed by atoms with Gasteiger partial charge in [-0.15, -0.1) is 0 Å². The zero-order valence-electron chi connectivity index (χ0n) is 13.7. The average Bonchev–Trinajstić information content (AvgIpc) is 2.70. The highest BCUT2D eigenvalue weighted by Gasteiger charge is 2.29. The fourth-order valence-electron chi connectivity index (χ4n) is 3.70. The van der Waals surface area contributed by atoms with E-state index >= 15 is 0 Å². The number of hydrazine groups is 1. The minimum absolute atomic E-state index is 0.290. The van der Waals surface area contributed by atoms with Gasteiger partial charge in [-0.05, 0) is 56.8 Å². The maximum atomic E-state index is 6.35. The summed E-state index contributed by atoms with van der Waals surface area (Å²) in [5.41, 5.74) is 5.18. The average molecular weight is 313 g/mol. The maximum Gasteiger partial charge on any atom is 0.130 e. The summed E-state index contributed by atoms with van der Waals surface area (Å²) < 4.78 is 1.75. The van der Waals surface area contributed by atoms with Crippen molar-refractivity contribution >= 4 is 11.6 Å². The summed E-state index contributed by atoms with van der Waals surface area (Å²) in [6.45, 7) is 6.69. The number of nitrogens with two attached hydrogens (primary N) is 1. The molecule has 120 valence electrons. The van der Waals surface area contributed by atoms with Crippen LogP contribution in [0.25, 0.3) is 0 Å². The van der Waals surface area contributed by atoms with E-state index in [1.165, 1.54) is 25.7 Å². The Kier molecular flexibility index (Phi) is 5.69. The van der Waals surface area contributed by atoms with E-state index in [4.69, 9.17) is 17.4 Å².